The van der Waals surface area contributed by atoms with Crippen LogP contribution in [-0.4, -0.2) is 58.7 Å². The van der Waals surface area contributed by atoms with Crippen molar-refractivity contribution >= 4 is 47.0 Å². The molecule has 0 spiro atoms. The van der Waals surface area contributed by atoms with Crippen molar-refractivity contribution in [3.63, 3.8) is 0 Å². The fraction of sp³-hybridized carbons (Fsp3) is 0.308. The van der Waals surface area contributed by atoms with E-state index in [9.17, 15) is 9.90 Å². The van der Waals surface area contributed by atoms with Gasteiger partial charge in [-0.15, -0.1) is 6.58 Å². The Kier molecular flexibility index (Phi) is 8.02. The molecular formula is C26H29I2N8O2-. The monoisotopic (exact) mass is 739 g/mol. The van der Waals surface area contributed by atoms with Crippen LogP contribution in [0.25, 0.3) is 16.9 Å². The zero-order valence-corrected chi connectivity index (χ0v) is 25.5. The van der Waals surface area contributed by atoms with E-state index in [1.807, 2.05) is 12.1 Å². The molecule has 200 valence electrons. The van der Waals surface area contributed by atoms with Gasteiger partial charge in [0.05, 0.1) is 12.2 Å². The molecule has 4 heterocycles. The van der Waals surface area contributed by atoms with Gasteiger partial charge in [-0.2, -0.15) is 0 Å². The quantitative estimate of drug-likeness (QED) is 0.154. The average molecular weight is 739 g/mol. The van der Waals surface area contributed by atoms with E-state index in [-0.39, 0.29) is 29.6 Å². The Morgan fingerprint density at radius 1 is 1.13 bits per heavy atom. The van der Waals surface area contributed by atoms with E-state index < -0.39 is 5.60 Å². The number of hydrogen-bond donors (Lipinski definition) is 2. The third-order valence-electron chi connectivity index (χ3n) is 6.36. The SMILES string of the molecule is C=CCn1c(=O)c2cnc(Nc3ccc(N4CCN([I-]I)CC4)cc3)nc2n1-c1cccc(C(C)(C)O)n1. The third-order valence-corrected chi connectivity index (χ3v) is 11.3. The number of rotatable bonds is 8. The predicted octanol–water partition coefficient (Wildman–Crippen LogP) is 0.610. The van der Waals surface area contributed by atoms with Crippen LogP contribution in [0.2, 0.25) is 0 Å². The zero-order chi connectivity index (χ0) is 26.9. The molecule has 3 aromatic heterocycles. The smallest absolute Gasteiger partial charge is 0.384 e. The van der Waals surface area contributed by atoms with Gasteiger partial charge in [0.2, 0.25) is 0 Å². The maximum atomic E-state index is 13.2. The number of halogens is 2. The molecule has 0 saturated carbocycles. The van der Waals surface area contributed by atoms with Crippen molar-refractivity contribution in [2.24, 2.45) is 0 Å². The van der Waals surface area contributed by atoms with Gasteiger partial charge in [-0.25, -0.2) is 14.3 Å². The number of hydrogen-bond acceptors (Lipinski definition) is 8. The van der Waals surface area contributed by atoms with E-state index in [4.69, 9.17) is 4.98 Å². The first kappa shape index (κ1) is 27.0. The van der Waals surface area contributed by atoms with E-state index in [1.54, 1.807) is 42.8 Å². The van der Waals surface area contributed by atoms with Crippen LogP contribution < -0.4 is 33.3 Å². The van der Waals surface area contributed by atoms with Crippen LogP contribution in [0.4, 0.5) is 17.3 Å². The zero-order valence-electron chi connectivity index (χ0n) is 21.2. The molecule has 1 saturated heterocycles. The van der Waals surface area contributed by atoms with Gasteiger partial charge in [-0.05, 0) is 26.0 Å². The van der Waals surface area contributed by atoms with E-state index in [1.165, 1.54) is 16.6 Å². The molecular weight excluding hydrogens is 710 g/mol. The Bertz CT molecular complexity index is 1500. The molecule has 0 bridgehead atoms. The minimum Gasteiger partial charge on any atom is -0.384 e. The van der Waals surface area contributed by atoms with Crippen LogP contribution in [0, 0.1) is 0 Å². The summed E-state index contributed by atoms with van der Waals surface area (Å²) < 4.78 is 5.72. The standard InChI is InChI=1S/C26H29I2N8O2/c1-4-12-35-24(37)20-17-29-25(32-23(20)36(35)22-7-5-6-21(31-22)26(2,3)38)30-18-8-10-19(11-9-18)33-13-15-34(28-27)16-14-33/h4-11,17,38H,1,12-16H2,2-3H3,(H,29,30,32)/q-1. The first-order valence-electron chi connectivity index (χ1n) is 12.2. The second kappa shape index (κ2) is 11.3. The number of fused-ring (bicyclic) bond motifs is 1. The summed E-state index contributed by atoms with van der Waals surface area (Å²) in [6, 6.07) is 13.6. The van der Waals surface area contributed by atoms with Crippen molar-refractivity contribution < 1.29 is 22.6 Å². The molecule has 1 fully saturated rings. The summed E-state index contributed by atoms with van der Waals surface area (Å²) in [5.41, 5.74) is 1.58. The van der Waals surface area contributed by atoms with Crippen molar-refractivity contribution in [3.05, 3.63) is 77.4 Å². The second-order valence-corrected chi connectivity index (χ2v) is 13.7. The number of allylic oxidation sites excluding steroid dienone is 1. The van der Waals surface area contributed by atoms with Crippen LogP contribution in [0.1, 0.15) is 19.5 Å². The molecule has 1 aliphatic heterocycles. The Morgan fingerprint density at radius 2 is 1.87 bits per heavy atom. The summed E-state index contributed by atoms with van der Waals surface area (Å²) in [6.45, 7) is 11.7. The van der Waals surface area contributed by atoms with Crippen molar-refractivity contribution in [1.82, 2.24) is 27.4 Å². The first-order chi connectivity index (χ1) is 18.3. The molecule has 10 nitrogen and oxygen atoms in total. The van der Waals surface area contributed by atoms with Gasteiger partial charge in [-0.1, -0.05) is 12.1 Å². The predicted molar refractivity (Wildman–Crippen MR) is 154 cm³/mol. The van der Waals surface area contributed by atoms with Gasteiger partial charge in [0.1, 0.15) is 11.0 Å². The topological polar surface area (TPSA) is 104 Å². The van der Waals surface area contributed by atoms with Crippen LogP contribution in [0.15, 0.2) is 66.1 Å². The number of piperazine rings is 1. The molecule has 4 aromatic rings. The molecule has 0 aliphatic carbocycles. The van der Waals surface area contributed by atoms with Gasteiger partial charge in [0.15, 0.2) is 5.82 Å². The summed E-state index contributed by atoms with van der Waals surface area (Å²) >= 11 is 2.66. The molecule has 0 amide bonds. The van der Waals surface area contributed by atoms with Crippen molar-refractivity contribution in [2.75, 3.05) is 36.4 Å². The van der Waals surface area contributed by atoms with Crippen LogP contribution in [0.5, 0.6) is 0 Å². The molecule has 1 aromatic carbocycles. The van der Waals surface area contributed by atoms with Gasteiger partial charge in [0, 0.05) is 0 Å². The molecule has 0 atom stereocenters. The molecule has 2 N–H and O–H groups in total. The molecule has 1 aliphatic rings. The molecule has 0 unspecified atom stereocenters. The Labute approximate surface area is 241 Å². The number of aliphatic hydroxyl groups is 1. The van der Waals surface area contributed by atoms with Crippen LogP contribution >= 0.6 is 18.6 Å². The first-order valence-corrected chi connectivity index (χ1v) is 19.5. The molecule has 0 radical (unpaired) electrons. The fourth-order valence-corrected chi connectivity index (χ4v) is 7.62. The van der Waals surface area contributed by atoms with E-state index >= 15 is 0 Å². The number of benzene rings is 1. The maximum absolute atomic E-state index is 13.2. The number of aromatic nitrogens is 5. The second-order valence-electron chi connectivity index (χ2n) is 9.49. The van der Waals surface area contributed by atoms with Crippen molar-refractivity contribution in [1.29, 1.82) is 0 Å². The van der Waals surface area contributed by atoms with Gasteiger partial charge < -0.3 is 5.11 Å². The van der Waals surface area contributed by atoms with Gasteiger partial charge >= 0.3 is 139 Å². The number of nitrogens with one attached hydrogen (secondary N) is 1. The molecule has 12 heteroatoms. The third kappa shape index (κ3) is 5.58. The fourth-order valence-electron chi connectivity index (χ4n) is 4.38. The summed E-state index contributed by atoms with van der Waals surface area (Å²) in [6.07, 6.45) is 3.18. The Hall–Kier alpha value is -2.56. The minimum absolute atomic E-state index is 0.131. The number of pyridine rings is 1. The van der Waals surface area contributed by atoms with Crippen LogP contribution in [0.3, 0.4) is 0 Å². The van der Waals surface area contributed by atoms with Crippen molar-refractivity contribution in [3.8, 4) is 5.82 Å². The number of anilines is 3. The minimum atomic E-state index is -1.14. The summed E-state index contributed by atoms with van der Waals surface area (Å²) in [5.74, 6) is 0.838. The average Bonchev–Trinajstić information content (AvgIpc) is 3.19. The Balaban J connectivity index is 1.47. The van der Waals surface area contributed by atoms with E-state index in [0.717, 1.165) is 31.9 Å². The summed E-state index contributed by atoms with van der Waals surface area (Å²) in [4.78, 5) is 29.4. The van der Waals surface area contributed by atoms with Gasteiger partial charge in [-0.3, -0.25) is 4.79 Å². The molecule has 38 heavy (non-hydrogen) atoms. The normalized spacial score (nSPS) is 14.8. The Morgan fingerprint density at radius 3 is 2.53 bits per heavy atom. The van der Waals surface area contributed by atoms with E-state index in [0.29, 0.717) is 28.5 Å². The van der Waals surface area contributed by atoms with Crippen LogP contribution in [-0.2, 0) is 12.1 Å². The van der Waals surface area contributed by atoms with Gasteiger partial charge in [0.25, 0.3) is 5.56 Å². The number of nitrogens with zero attached hydrogens (tertiary/aromatic N) is 7. The van der Waals surface area contributed by atoms with Crippen molar-refractivity contribution in [2.45, 2.75) is 26.0 Å². The summed E-state index contributed by atoms with van der Waals surface area (Å²) in [5, 5.41) is 14.1. The molecule has 5 rings (SSSR count). The summed E-state index contributed by atoms with van der Waals surface area (Å²) in [7, 11) is 0. The van der Waals surface area contributed by atoms with E-state index in [2.05, 4.69) is 60.6 Å².